The van der Waals surface area contributed by atoms with Gasteiger partial charge in [-0.1, -0.05) is 30.3 Å². The Morgan fingerprint density at radius 1 is 1.25 bits per heavy atom. The fourth-order valence-electron chi connectivity index (χ4n) is 3.55. The Morgan fingerprint density at radius 3 is 2.92 bits per heavy atom. The molecule has 2 saturated heterocycles. The van der Waals surface area contributed by atoms with E-state index in [4.69, 9.17) is 4.74 Å². The SMILES string of the molecule is CN1CCO[C@@H]2CCN(C(=O)c3n[nH]nc3-c3ccccc3)C[C@@H]21. The number of morpholine rings is 1. The first-order valence-electron chi connectivity index (χ1n) is 8.31. The van der Waals surface area contributed by atoms with Gasteiger partial charge in [-0.05, 0) is 13.5 Å². The molecule has 0 saturated carbocycles. The predicted molar refractivity (Wildman–Crippen MR) is 88.5 cm³/mol. The second kappa shape index (κ2) is 6.33. The van der Waals surface area contributed by atoms with E-state index in [0.29, 0.717) is 24.5 Å². The number of rotatable bonds is 2. The summed E-state index contributed by atoms with van der Waals surface area (Å²) in [6.45, 7) is 3.03. The van der Waals surface area contributed by atoms with Crippen molar-refractivity contribution in [3.8, 4) is 11.3 Å². The topological polar surface area (TPSA) is 74.3 Å². The van der Waals surface area contributed by atoms with Crippen LogP contribution in [-0.2, 0) is 4.74 Å². The molecule has 1 aromatic heterocycles. The number of likely N-dealkylation sites (N-methyl/N-ethyl adjacent to an activating group) is 1. The van der Waals surface area contributed by atoms with Gasteiger partial charge in [-0.3, -0.25) is 9.69 Å². The molecular formula is C17H21N5O2. The highest BCUT2D eigenvalue weighted by molar-refractivity contribution is 5.98. The van der Waals surface area contributed by atoms with E-state index in [-0.39, 0.29) is 18.1 Å². The number of ether oxygens (including phenoxy) is 1. The number of hydrogen-bond acceptors (Lipinski definition) is 5. The van der Waals surface area contributed by atoms with Gasteiger partial charge in [0.05, 0.1) is 18.8 Å². The Labute approximate surface area is 140 Å². The highest BCUT2D eigenvalue weighted by atomic mass is 16.5. The van der Waals surface area contributed by atoms with Crippen molar-refractivity contribution in [3.63, 3.8) is 0 Å². The van der Waals surface area contributed by atoms with Gasteiger partial charge in [0, 0.05) is 25.2 Å². The highest BCUT2D eigenvalue weighted by Gasteiger charge is 2.38. The highest BCUT2D eigenvalue weighted by Crippen LogP contribution is 2.25. The van der Waals surface area contributed by atoms with Crippen LogP contribution in [0.5, 0.6) is 0 Å². The molecule has 0 aliphatic carbocycles. The molecule has 1 amide bonds. The molecule has 0 bridgehead atoms. The summed E-state index contributed by atoms with van der Waals surface area (Å²) in [7, 11) is 2.10. The first-order chi connectivity index (χ1) is 11.7. The third-order valence-corrected chi connectivity index (χ3v) is 4.95. The maximum absolute atomic E-state index is 13.0. The molecule has 1 aromatic carbocycles. The van der Waals surface area contributed by atoms with Crippen LogP contribution in [0.3, 0.4) is 0 Å². The zero-order valence-electron chi connectivity index (χ0n) is 13.7. The molecule has 2 aliphatic rings. The second-order valence-electron chi connectivity index (χ2n) is 6.38. The van der Waals surface area contributed by atoms with Crippen LogP contribution in [0.25, 0.3) is 11.3 Å². The molecule has 3 heterocycles. The van der Waals surface area contributed by atoms with E-state index in [0.717, 1.165) is 25.1 Å². The van der Waals surface area contributed by atoms with Crippen LogP contribution in [0, 0.1) is 0 Å². The molecule has 2 atom stereocenters. The van der Waals surface area contributed by atoms with Crippen molar-refractivity contribution in [2.45, 2.75) is 18.6 Å². The third-order valence-electron chi connectivity index (χ3n) is 4.95. The van der Waals surface area contributed by atoms with Gasteiger partial charge in [0.1, 0.15) is 5.69 Å². The van der Waals surface area contributed by atoms with E-state index in [2.05, 4.69) is 27.4 Å². The van der Waals surface area contributed by atoms with Gasteiger partial charge >= 0.3 is 0 Å². The molecule has 126 valence electrons. The summed E-state index contributed by atoms with van der Waals surface area (Å²) >= 11 is 0. The van der Waals surface area contributed by atoms with Crippen molar-refractivity contribution in [1.29, 1.82) is 0 Å². The number of likely N-dealkylation sites (tertiary alicyclic amines) is 1. The molecule has 0 unspecified atom stereocenters. The van der Waals surface area contributed by atoms with E-state index in [1.807, 2.05) is 35.2 Å². The third kappa shape index (κ3) is 2.70. The number of aromatic nitrogens is 3. The van der Waals surface area contributed by atoms with Crippen LogP contribution < -0.4 is 0 Å². The van der Waals surface area contributed by atoms with E-state index in [1.54, 1.807) is 0 Å². The Morgan fingerprint density at radius 2 is 2.08 bits per heavy atom. The lowest BCUT2D eigenvalue weighted by Gasteiger charge is -2.45. The van der Waals surface area contributed by atoms with Gasteiger partial charge in [0.2, 0.25) is 0 Å². The number of carbonyl (C=O) groups is 1. The molecule has 7 heteroatoms. The normalized spacial score (nSPS) is 24.6. The molecule has 7 nitrogen and oxygen atoms in total. The average Bonchev–Trinajstić information content (AvgIpc) is 3.12. The van der Waals surface area contributed by atoms with Crippen molar-refractivity contribution < 1.29 is 9.53 Å². The number of nitrogens with zero attached hydrogens (tertiary/aromatic N) is 4. The lowest BCUT2D eigenvalue weighted by atomic mass is 9.98. The number of benzene rings is 1. The van der Waals surface area contributed by atoms with E-state index >= 15 is 0 Å². The Kier molecular flexibility index (Phi) is 4.03. The monoisotopic (exact) mass is 327 g/mol. The smallest absolute Gasteiger partial charge is 0.276 e. The fraction of sp³-hybridized carbons (Fsp3) is 0.471. The van der Waals surface area contributed by atoms with E-state index < -0.39 is 0 Å². The maximum atomic E-state index is 13.0. The Hall–Kier alpha value is -2.25. The molecule has 2 aliphatic heterocycles. The molecule has 0 spiro atoms. The molecule has 4 rings (SSSR count). The van der Waals surface area contributed by atoms with Gasteiger partial charge in [-0.15, -0.1) is 0 Å². The number of amides is 1. The predicted octanol–water partition coefficient (Wildman–Crippen LogP) is 1.02. The number of aromatic amines is 1. The lowest BCUT2D eigenvalue weighted by Crippen LogP contribution is -2.59. The Balaban J connectivity index is 1.56. The minimum absolute atomic E-state index is 0.0694. The Bertz CT molecular complexity index is 717. The van der Waals surface area contributed by atoms with Gasteiger partial charge in [0.25, 0.3) is 5.91 Å². The second-order valence-corrected chi connectivity index (χ2v) is 6.38. The number of hydrogen-bond donors (Lipinski definition) is 1. The number of fused-ring (bicyclic) bond motifs is 1. The van der Waals surface area contributed by atoms with Crippen LogP contribution in [0.2, 0.25) is 0 Å². The molecule has 2 fully saturated rings. The van der Waals surface area contributed by atoms with E-state index in [1.165, 1.54) is 0 Å². The zero-order valence-corrected chi connectivity index (χ0v) is 13.7. The maximum Gasteiger partial charge on any atom is 0.276 e. The van der Waals surface area contributed by atoms with Crippen LogP contribution in [0.4, 0.5) is 0 Å². The number of piperidine rings is 1. The van der Waals surface area contributed by atoms with Crippen LogP contribution >= 0.6 is 0 Å². The molecule has 1 N–H and O–H groups in total. The fourth-order valence-corrected chi connectivity index (χ4v) is 3.55. The largest absolute Gasteiger partial charge is 0.375 e. The quantitative estimate of drug-likeness (QED) is 0.891. The van der Waals surface area contributed by atoms with Gasteiger partial charge < -0.3 is 9.64 Å². The number of H-pyrrole nitrogens is 1. The number of nitrogens with one attached hydrogen (secondary N) is 1. The summed E-state index contributed by atoms with van der Waals surface area (Å²) in [5, 5.41) is 10.9. The lowest BCUT2D eigenvalue weighted by molar-refractivity contribution is -0.0894. The van der Waals surface area contributed by atoms with E-state index in [9.17, 15) is 4.79 Å². The molecule has 24 heavy (non-hydrogen) atoms. The van der Waals surface area contributed by atoms with Crippen molar-refractivity contribution in [2.75, 3.05) is 33.3 Å². The standard InChI is InChI=1S/C17H21N5O2/c1-21-9-10-24-14-7-8-22(11-13(14)21)17(23)16-15(18-20-19-16)12-5-3-2-4-6-12/h2-6,13-14H,7-11H2,1H3,(H,18,19,20)/t13-,14+/m0/s1. The van der Waals surface area contributed by atoms with Gasteiger partial charge in [-0.25, -0.2) is 0 Å². The summed E-state index contributed by atoms with van der Waals surface area (Å²) in [6, 6.07) is 9.92. The van der Waals surface area contributed by atoms with Crippen molar-refractivity contribution >= 4 is 5.91 Å². The first kappa shape index (κ1) is 15.3. The van der Waals surface area contributed by atoms with Gasteiger partial charge in [-0.2, -0.15) is 15.4 Å². The average molecular weight is 327 g/mol. The summed E-state index contributed by atoms with van der Waals surface area (Å²) in [5.41, 5.74) is 1.89. The summed E-state index contributed by atoms with van der Waals surface area (Å²) < 4.78 is 5.85. The minimum atomic E-state index is -0.0694. The zero-order chi connectivity index (χ0) is 16.5. The van der Waals surface area contributed by atoms with Crippen LogP contribution in [0.15, 0.2) is 30.3 Å². The molecule has 0 radical (unpaired) electrons. The van der Waals surface area contributed by atoms with Crippen LogP contribution in [0.1, 0.15) is 16.9 Å². The minimum Gasteiger partial charge on any atom is -0.375 e. The molecular weight excluding hydrogens is 306 g/mol. The van der Waals surface area contributed by atoms with Crippen LogP contribution in [-0.4, -0.2) is 76.6 Å². The summed E-state index contributed by atoms with van der Waals surface area (Å²) in [5.74, 6) is -0.0694. The van der Waals surface area contributed by atoms with Crippen molar-refractivity contribution in [2.24, 2.45) is 0 Å². The number of carbonyl (C=O) groups excluding carboxylic acids is 1. The first-order valence-corrected chi connectivity index (χ1v) is 8.31. The summed E-state index contributed by atoms with van der Waals surface area (Å²) in [6.07, 6.45) is 1.08. The van der Waals surface area contributed by atoms with Gasteiger partial charge in [0.15, 0.2) is 5.69 Å². The van der Waals surface area contributed by atoms with Crippen molar-refractivity contribution in [3.05, 3.63) is 36.0 Å². The summed E-state index contributed by atoms with van der Waals surface area (Å²) in [4.78, 5) is 17.1. The van der Waals surface area contributed by atoms with Crippen molar-refractivity contribution in [1.82, 2.24) is 25.2 Å². The molecule has 2 aromatic rings.